The van der Waals surface area contributed by atoms with E-state index in [1.807, 2.05) is 32.5 Å². The van der Waals surface area contributed by atoms with Crippen LogP contribution in [0.2, 0.25) is 5.02 Å². The van der Waals surface area contributed by atoms with Gasteiger partial charge in [-0.05, 0) is 44.9 Å². The molecule has 3 N–H and O–H groups in total. The van der Waals surface area contributed by atoms with E-state index in [1.54, 1.807) is 0 Å². The smallest absolute Gasteiger partial charge is 0.253 e. The Balaban J connectivity index is 2.14. The first-order chi connectivity index (χ1) is 10.7. The molecule has 1 heterocycles. The van der Waals surface area contributed by atoms with E-state index in [2.05, 4.69) is 10.4 Å². The maximum absolute atomic E-state index is 13.6. The second-order valence-electron chi connectivity index (χ2n) is 5.70. The molecule has 0 radical (unpaired) electrons. The number of amides is 1. The van der Waals surface area contributed by atoms with E-state index in [0.29, 0.717) is 6.42 Å². The molecule has 0 saturated heterocycles. The summed E-state index contributed by atoms with van der Waals surface area (Å²) in [5, 5.41) is 7.31. The average Bonchev–Trinajstić information content (AvgIpc) is 2.69. The minimum Gasteiger partial charge on any atom is -0.396 e. The highest BCUT2D eigenvalue weighted by Gasteiger charge is 2.18. The summed E-state index contributed by atoms with van der Waals surface area (Å²) in [7, 11) is 1.88. The van der Waals surface area contributed by atoms with Crippen LogP contribution in [-0.2, 0) is 13.5 Å². The fourth-order valence-electron chi connectivity index (χ4n) is 2.54. The highest BCUT2D eigenvalue weighted by atomic mass is 35.5. The molecule has 2 aromatic rings. The van der Waals surface area contributed by atoms with E-state index in [-0.39, 0.29) is 22.3 Å². The normalized spacial score (nSPS) is 12.3. The molecule has 1 aromatic heterocycles. The number of hydrogen-bond acceptors (Lipinski definition) is 3. The number of carbonyl (C=O) groups excluding carboxylic acids is 1. The summed E-state index contributed by atoms with van der Waals surface area (Å²) in [5.74, 6) is -1.15. The lowest BCUT2D eigenvalue weighted by molar-refractivity contribution is 0.0940. The minimum absolute atomic E-state index is 0.0430. The lowest BCUT2D eigenvalue weighted by Gasteiger charge is -2.15. The predicted molar refractivity (Wildman–Crippen MR) is 89.1 cm³/mol. The summed E-state index contributed by atoms with van der Waals surface area (Å²) in [6.07, 6.45) is 0.625. The van der Waals surface area contributed by atoms with Gasteiger partial charge in [-0.25, -0.2) is 4.39 Å². The van der Waals surface area contributed by atoms with Gasteiger partial charge in [-0.2, -0.15) is 5.10 Å². The molecule has 0 aliphatic carbocycles. The minimum atomic E-state index is -0.700. The third-order valence-electron chi connectivity index (χ3n) is 3.89. The van der Waals surface area contributed by atoms with E-state index in [9.17, 15) is 9.18 Å². The van der Waals surface area contributed by atoms with E-state index in [1.165, 1.54) is 6.07 Å². The lowest BCUT2D eigenvalue weighted by Crippen LogP contribution is -2.34. The van der Waals surface area contributed by atoms with Gasteiger partial charge in [-0.3, -0.25) is 9.48 Å². The first-order valence-corrected chi connectivity index (χ1v) is 7.63. The number of anilines is 1. The van der Waals surface area contributed by atoms with E-state index in [4.69, 9.17) is 17.3 Å². The SMILES string of the molecule is Cc1nn(C)c(C)c1CC(C)NC(=O)c1cc(Cl)cc(F)c1N. The lowest BCUT2D eigenvalue weighted by atomic mass is 10.0. The molecule has 0 bridgehead atoms. The molecule has 23 heavy (non-hydrogen) atoms. The Hall–Kier alpha value is -2.08. The zero-order valence-electron chi connectivity index (χ0n) is 13.6. The number of benzene rings is 1. The van der Waals surface area contributed by atoms with Gasteiger partial charge in [-0.15, -0.1) is 0 Å². The number of aromatic nitrogens is 2. The molecule has 7 heteroatoms. The highest BCUT2D eigenvalue weighted by molar-refractivity contribution is 6.31. The Morgan fingerprint density at radius 1 is 1.48 bits per heavy atom. The summed E-state index contributed by atoms with van der Waals surface area (Å²) < 4.78 is 15.4. The van der Waals surface area contributed by atoms with Crippen molar-refractivity contribution in [1.82, 2.24) is 15.1 Å². The summed E-state index contributed by atoms with van der Waals surface area (Å²) in [6.45, 7) is 5.79. The molecular formula is C16H20ClFN4O. The number of halogens is 2. The molecule has 1 atom stereocenters. The van der Waals surface area contributed by atoms with Crippen molar-refractivity contribution in [2.45, 2.75) is 33.2 Å². The van der Waals surface area contributed by atoms with Crippen molar-refractivity contribution in [3.8, 4) is 0 Å². The van der Waals surface area contributed by atoms with Crippen molar-refractivity contribution in [3.05, 3.63) is 45.5 Å². The van der Waals surface area contributed by atoms with Crippen molar-refractivity contribution in [2.75, 3.05) is 5.73 Å². The Kier molecular flexibility index (Phi) is 4.94. The van der Waals surface area contributed by atoms with E-state index in [0.717, 1.165) is 23.0 Å². The van der Waals surface area contributed by atoms with Crippen LogP contribution >= 0.6 is 11.6 Å². The van der Waals surface area contributed by atoms with Gasteiger partial charge in [0.1, 0.15) is 5.82 Å². The van der Waals surface area contributed by atoms with Gasteiger partial charge in [0, 0.05) is 23.8 Å². The molecule has 0 aliphatic heterocycles. The number of rotatable bonds is 4. The molecule has 2 rings (SSSR count). The zero-order chi connectivity index (χ0) is 17.3. The third-order valence-corrected chi connectivity index (χ3v) is 4.10. The van der Waals surface area contributed by atoms with Crippen molar-refractivity contribution in [3.63, 3.8) is 0 Å². The number of nitrogens with one attached hydrogen (secondary N) is 1. The molecule has 1 aromatic carbocycles. The summed E-state index contributed by atoms with van der Waals surface area (Å²) in [6, 6.07) is 2.28. The maximum atomic E-state index is 13.6. The van der Waals surface area contributed by atoms with Crippen LogP contribution in [0.1, 0.15) is 34.2 Å². The van der Waals surface area contributed by atoms with Gasteiger partial charge in [0.15, 0.2) is 0 Å². The van der Waals surface area contributed by atoms with Gasteiger partial charge < -0.3 is 11.1 Å². The van der Waals surface area contributed by atoms with Gasteiger partial charge in [-0.1, -0.05) is 11.6 Å². The second kappa shape index (κ2) is 6.58. The molecule has 5 nitrogen and oxygen atoms in total. The van der Waals surface area contributed by atoms with Crippen LogP contribution in [-0.4, -0.2) is 21.7 Å². The number of aryl methyl sites for hydroxylation is 2. The molecule has 0 saturated carbocycles. The number of nitrogens with zero attached hydrogens (tertiary/aromatic N) is 2. The molecule has 0 aliphatic rings. The Morgan fingerprint density at radius 3 is 2.70 bits per heavy atom. The van der Waals surface area contributed by atoms with Gasteiger partial charge in [0.05, 0.1) is 16.9 Å². The van der Waals surface area contributed by atoms with Gasteiger partial charge >= 0.3 is 0 Å². The fraction of sp³-hybridized carbons (Fsp3) is 0.375. The Bertz CT molecular complexity index is 757. The van der Waals surface area contributed by atoms with Crippen molar-refractivity contribution >= 4 is 23.2 Å². The van der Waals surface area contributed by atoms with E-state index < -0.39 is 11.7 Å². The first-order valence-electron chi connectivity index (χ1n) is 7.25. The van der Waals surface area contributed by atoms with Crippen LogP contribution in [0.4, 0.5) is 10.1 Å². The van der Waals surface area contributed by atoms with E-state index >= 15 is 0 Å². The van der Waals surface area contributed by atoms with Crippen molar-refractivity contribution < 1.29 is 9.18 Å². The highest BCUT2D eigenvalue weighted by Crippen LogP contribution is 2.22. The van der Waals surface area contributed by atoms with Crippen LogP contribution in [0.25, 0.3) is 0 Å². The molecule has 1 amide bonds. The number of nitrogens with two attached hydrogens (primary N) is 1. The Morgan fingerprint density at radius 2 is 2.13 bits per heavy atom. The maximum Gasteiger partial charge on any atom is 0.253 e. The summed E-state index contributed by atoms with van der Waals surface area (Å²) in [4.78, 5) is 12.3. The fourth-order valence-corrected chi connectivity index (χ4v) is 2.75. The molecule has 124 valence electrons. The van der Waals surface area contributed by atoms with Crippen molar-refractivity contribution in [2.24, 2.45) is 7.05 Å². The predicted octanol–water partition coefficient (Wildman–Crippen LogP) is 2.77. The Labute approximate surface area is 139 Å². The molecule has 0 spiro atoms. The zero-order valence-corrected chi connectivity index (χ0v) is 14.3. The molecule has 1 unspecified atom stereocenters. The summed E-state index contributed by atoms with van der Waals surface area (Å²) in [5.41, 5.74) is 8.54. The molecule has 0 fully saturated rings. The number of carbonyl (C=O) groups is 1. The topological polar surface area (TPSA) is 72.9 Å². The average molecular weight is 339 g/mol. The number of nitrogen functional groups attached to an aromatic ring is 1. The van der Waals surface area contributed by atoms with Crippen molar-refractivity contribution in [1.29, 1.82) is 0 Å². The standard InChI is InChI=1S/C16H20ClFN4O/c1-8(5-12-9(2)21-22(4)10(12)3)20-16(23)13-6-11(17)7-14(18)15(13)19/h6-8H,5,19H2,1-4H3,(H,20,23). The summed E-state index contributed by atoms with van der Waals surface area (Å²) >= 11 is 5.79. The van der Waals surface area contributed by atoms with Crippen LogP contribution in [0.3, 0.4) is 0 Å². The largest absolute Gasteiger partial charge is 0.396 e. The van der Waals surface area contributed by atoms with Gasteiger partial charge in [0.25, 0.3) is 5.91 Å². The quantitative estimate of drug-likeness (QED) is 0.842. The first kappa shape index (κ1) is 17.3. The van der Waals surface area contributed by atoms with Crippen LogP contribution < -0.4 is 11.1 Å². The van der Waals surface area contributed by atoms with Gasteiger partial charge in [0.2, 0.25) is 0 Å². The van der Waals surface area contributed by atoms with Crippen LogP contribution in [0.5, 0.6) is 0 Å². The third kappa shape index (κ3) is 3.64. The second-order valence-corrected chi connectivity index (χ2v) is 6.14. The van der Waals surface area contributed by atoms with Crippen LogP contribution in [0, 0.1) is 19.7 Å². The molecular weight excluding hydrogens is 319 g/mol. The monoisotopic (exact) mass is 338 g/mol. The number of hydrogen-bond donors (Lipinski definition) is 2. The van der Waals surface area contributed by atoms with Crippen LogP contribution in [0.15, 0.2) is 12.1 Å².